The van der Waals surface area contributed by atoms with Crippen LogP contribution in [0.4, 0.5) is 0 Å². The Balaban J connectivity index is 2.45. The number of benzene rings is 1. The van der Waals surface area contributed by atoms with Crippen molar-refractivity contribution in [3.05, 3.63) is 28.7 Å². The summed E-state index contributed by atoms with van der Waals surface area (Å²) in [5.74, 6) is 0.710. The number of amides is 1. The lowest BCUT2D eigenvalue weighted by molar-refractivity contribution is -0.113. The molecule has 3 nitrogen and oxygen atoms in total. The maximum atomic E-state index is 10.2. The third kappa shape index (κ3) is 3.69. The van der Waals surface area contributed by atoms with Crippen LogP contribution in [-0.4, -0.2) is 17.8 Å². The lowest BCUT2D eigenvalue weighted by Gasteiger charge is -2.08. The van der Waals surface area contributed by atoms with Crippen LogP contribution in [0.15, 0.2) is 28.7 Å². The van der Waals surface area contributed by atoms with Gasteiger partial charge in [0.1, 0.15) is 5.75 Å². The summed E-state index contributed by atoms with van der Waals surface area (Å²) in [4.78, 5) is 10.2. The molecule has 0 unspecified atom stereocenters. The summed E-state index contributed by atoms with van der Waals surface area (Å²) in [7, 11) is 1.62. The van der Waals surface area contributed by atoms with E-state index in [1.54, 1.807) is 7.05 Å². The largest absolute Gasteiger partial charge is 0.405 e. The smallest absolute Gasteiger partial charge is 0.221 e. The van der Waals surface area contributed by atoms with E-state index in [0.29, 0.717) is 12.2 Å². The zero-order valence-electron chi connectivity index (χ0n) is 6.94. The Morgan fingerprint density at radius 2 is 2.08 bits per heavy atom. The molecule has 0 spiro atoms. The topological polar surface area (TPSA) is 29.5 Å². The van der Waals surface area contributed by atoms with Gasteiger partial charge in [-0.1, -0.05) is 15.9 Å². The Morgan fingerprint density at radius 1 is 1.46 bits per heavy atom. The first kappa shape index (κ1) is 10.4. The summed E-state index contributed by atoms with van der Waals surface area (Å²) < 4.78 is 7.53. The van der Waals surface area contributed by atoms with Crippen molar-refractivity contribution in [3.8, 4) is 5.75 Å². The second-order valence-electron chi connectivity index (χ2n) is 2.26. The third-order valence-corrected chi connectivity index (χ3v) is 2.33. The average molecular weight is 262 g/mol. The van der Waals surface area contributed by atoms with Gasteiger partial charge in [0.05, 0.1) is 0 Å². The molecule has 0 radical (unpaired) electrons. The van der Waals surface area contributed by atoms with E-state index in [4.69, 9.17) is 4.18 Å². The zero-order chi connectivity index (χ0) is 9.68. The van der Waals surface area contributed by atoms with E-state index < -0.39 is 0 Å². The van der Waals surface area contributed by atoms with Gasteiger partial charge in [0.25, 0.3) is 0 Å². The van der Waals surface area contributed by atoms with Crippen LogP contribution in [0.2, 0.25) is 0 Å². The first-order valence-electron chi connectivity index (χ1n) is 3.50. The fourth-order valence-electron chi connectivity index (χ4n) is 0.610. The molecule has 0 heterocycles. The van der Waals surface area contributed by atoms with Crippen LogP contribution in [0, 0.1) is 0 Å². The normalized spacial score (nSPS) is 9.38. The molecule has 1 aromatic rings. The van der Waals surface area contributed by atoms with Crippen LogP contribution in [0.5, 0.6) is 5.75 Å². The third-order valence-electron chi connectivity index (χ3n) is 1.21. The van der Waals surface area contributed by atoms with Gasteiger partial charge in [-0.05, 0) is 24.3 Å². The summed E-state index contributed by atoms with van der Waals surface area (Å²) in [5, 5.41) is 0. The maximum Gasteiger partial charge on any atom is 0.221 e. The molecule has 0 bridgehead atoms. The van der Waals surface area contributed by atoms with Crippen molar-refractivity contribution < 1.29 is 8.98 Å². The van der Waals surface area contributed by atoms with E-state index >= 15 is 0 Å². The van der Waals surface area contributed by atoms with Gasteiger partial charge >= 0.3 is 0 Å². The predicted molar refractivity (Wildman–Crippen MR) is 56.2 cm³/mol. The molecule has 0 aliphatic heterocycles. The van der Waals surface area contributed by atoms with Crippen LogP contribution in [0.25, 0.3) is 0 Å². The van der Waals surface area contributed by atoms with Crippen molar-refractivity contribution in [2.75, 3.05) is 7.05 Å². The fourth-order valence-corrected chi connectivity index (χ4v) is 1.22. The molecule has 0 fully saturated rings. The monoisotopic (exact) mass is 261 g/mol. The molecule has 13 heavy (non-hydrogen) atoms. The van der Waals surface area contributed by atoms with E-state index in [0.717, 1.165) is 16.7 Å². The van der Waals surface area contributed by atoms with Crippen molar-refractivity contribution in [1.82, 2.24) is 4.31 Å². The fraction of sp³-hybridized carbons (Fsp3) is 0.125. The summed E-state index contributed by atoms with van der Waals surface area (Å²) in [6.07, 6.45) is 0.684. The Kier molecular flexibility index (Phi) is 4.11. The van der Waals surface area contributed by atoms with Crippen LogP contribution in [0.1, 0.15) is 0 Å². The average Bonchev–Trinajstić information content (AvgIpc) is 2.16. The molecule has 1 amide bonds. The van der Waals surface area contributed by atoms with E-state index in [9.17, 15) is 4.79 Å². The molecule has 5 heteroatoms. The molecule has 0 N–H and O–H groups in total. The van der Waals surface area contributed by atoms with Crippen LogP contribution in [-0.2, 0) is 4.79 Å². The number of carbonyl (C=O) groups is 1. The second kappa shape index (κ2) is 5.14. The Bertz CT molecular complexity index is 278. The lowest BCUT2D eigenvalue weighted by atomic mass is 10.3. The lowest BCUT2D eigenvalue weighted by Crippen LogP contribution is -2.06. The molecule has 0 saturated carbocycles. The summed E-state index contributed by atoms with van der Waals surface area (Å²) in [6, 6.07) is 7.37. The number of nitrogens with zero attached hydrogens (tertiary/aromatic N) is 1. The number of rotatable bonds is 4. The molecule has 0 aliphatic carbocycles. The molecule has 0 aromatic heterocycles. The standard InChI is InChI=1S/C8H8BrNO2S/c1-10(6-11)13-12-8-4-2-7(9)3-5-8/h2-6H,1H3. The molecule has 1 aromatic carbocycles. The van der Waals surface area contributed by atoms with Gasteiger partial charge in [-0.3, -0.25) is 9.10 Å². The minimum atomic E-state index is 0.684. The highest BCUT2D eigenvalue weighted by Crippen LogP contribution is 2.20. The van der Waals surface area contributed by atoms with E-state index in [1.165, 1.54) is 4.31 Å². The Hall–Kier alpha value is -0.680. The van der Waals surface area contributed by atoms with Gasteiger partial charge in [-0.2, -0.15) is 0 Å². The highest BCUT2D eigenvalue weighted by molar-refractivity contribution is 9.10. The van der Waals surface area contributed by atoms with Crippen LogP contribution < -0.4 is 4.18 Å². The highest BCUT2D eigenvalue weighted by atomic mass is 79.9. The quantitative estimate of drug-likeness (QED) is 0.474. The number of halogens is 1. The van der Waals surface area contributed by atoms with Gasteiger partial charge < -0.3 is 4.18 Å². The van der Waals surface area contributed by atoms with E-state index in [1.807, 2.05) is 24.3 Å². The summed E-state index contributed by atoms with van der Waals surface area (Å²) in [6.45, 7) is 0. The molecule has 0 saturated heterocycles. The molecule has 0 atom stereocenters. The number of hydrogen-bond acceptors (Lipinski definition) is 3. The summed E-state index contributed by atoms with van der Waals surface area (Å²) >= 11 is 4.30. The zero-order valence-corrected chi connectivity index (χ0v) is 9.34. The van der Waals surface area contributed by atoms with Gasteiger partial charge in [-0.15, -0.1) is 0 Å². The highest BCUT2D eigenvalue weighted by Gasteiger charge is 1.97. The first-order chi connectivity index (χ1) is 6.22. The molecular weight excluding hydrogens is 254 g/mol. The molecular formula is C8H8BrNO2S. The minimum Gasteiger partial charge on any atom is -0.405 e. The van der Waals surface area contributed by atoms with Gasteiger partial charge in [0.2, 0.25) is 6.41 Å². The van der Waals surface area contributed by atoms with E-state index in [2.05, 4.69) is 15.9 Å². The molecule has 1 rings (SSSR count). The van der Waals surface area contributed by atoms with Crippen molar-refractivity contribution in [1.29, 1.82) is 0 Å². The Morgan fingerprint density at radius 3 is 2.62 bits per heavy atom. The maximum absolute atomic E-state index is 10.2. The first-order valence-corrected chi connectivity index (χ1v) is 5.00. The van der Waals surface area contributed by atoms with Crippen molar-refractivity contribution in [2.45, 2.75) is 0 Å². The van der Waals surface area contributed by atoms with E-state index in [-0.39, 0.29) is 0 Å². The van der Waals surface area contributed by atoms with Gasteiger partial charge in [-0.25, -0.2) is 0 Å². The van der Waals surface area contributed by atoms with Crippen molar-refractivity contribution in [2.24, 2.45) is 0 Å². The van der Waals surface area contributed by atoms with Crippen LogP contribution in [0.3, 0.4) is 0 Å². The number of carbonyl (C=O) groups excluding carboxylic acids is 1. The van der Waals surface area contributed by atoms with Gasteiger partial charge in [0, 0.05) is 11.5 Å². The Labute approximate surface area is 89.5 Å². The van der Waals surface area contributed by atoms with Crippen LogP contribution >= 0.6 is 28.2 Å². The van der Waals surface area contributed by atoms with Crippen molar-refractivity contribution in [3.63, 3.8) is 0 Å². The second-order valence-corrected chi connectivity index (χ2v) is 4.07. The number of hydrogen-bond donors (Lipinski definition) is 0. The minimum absolute atomic E-state index is 0.684. The van der Waals surface area contributed by atoms with Crippen molar-refractivity contribution >= 4 is 34.6 Å². The molecule has 0 aliphatic rings. The summed E-state index contributed by atoms with van der Waals surface area (Å²) in [5.41, 5.74) is 0. The molecule has 70 valence electrons. The van der Waals surface area contributed by atoms with Gasteiger partial charge in [0.15, 0.2) is 12.2 Å². The SMILES string of the molecule is CN(C=O)SOc1ccc(Br)cc1. The predicted octanol–water partition coefficient (Wildman–Crippen LogP) is 2.48.